The van der Waals surface area contributed by atoms with E-state index < -0.39 is 23.4 Å². The van der Waals surface area contributed by atoms with Gasteiger partial charge in [-0.05, 0) is 71.9 Å². The number of hydrogen-bond acceptors (Lipinski definition) is 4. The van der Waals surface area contributed by atoms with Gasteiger partial charge in [-0.2, -0.15) is 0 Å². The van der Waals surface area contributed by atoms with Gasteiger partial charge in [0.15, 0.2) is 0 Å². The van der Waals surface area contributed by atoms with Gasteiger partial charge in [-0.25, -0.2) is 14.5 Å². The Labute approximate surface area is 184 Å². The summed E-state index contributed by atoms with van der Waals surface area (Å²) in [6, 6.07) is 9.73. The molecule has 1 unspecified atom stereocenters. The lowest BCUT2D eigenvalue weighted by Gasteiger charge is -2.25. The monoisotopic (exact) mass is 427 g/mol. The zero-order chi connectivity index (χ0) is 23.0. The Kier molecular flexibility index (Phi) is 6.16. The predicted octanol–water partition coefficient (Wildman–Crippen LogP) is 5.28. The second-order valence-corrected chi connectivity index (χ2v) is 10.1. The van der Waals surface area contributed by atoms with Gasteiger partial charge in [0.25, 0.3) is 0 Å². The molecule has 1 saturated carbocycles. The Balaban J connectivity index is 2.08. The van der Waals surface area contributed by atoms with Gasteiger partial charge >= 0.3 is 12.2 Å². The molecule has 1 heterocycles. The van der Waals surface area contributed by atoms with Gasteiger partial charge < -0.3 is 14.4 Å². The van der Waals surface area contributed by atoms with Gasteiger partial charge in [-0.3, -0.25) is 0 Å². The van der Waals surface area contributed by atoms with E-state index in [0.717, 1.165) is 24.1 Å². The van der Waals surface area contributed by atoms with Crippen LogP contribution in [0.2, 0.25) is 0 Å². The van der Waals surface area contributed by atoms with Crippen molar-refractivity contribution in [1.82, 2.24) is 9.80 Å². The molecule has 3 rings (SSSR count). The maximum absolute atomic E-state index is 13.3. The van der Waals surface area contributed by atoms with Gasteiger partial charge in [-0.1, -0.05) is 30.3 Å². The van der Waals surface area contributed by atoms with Crippen LogP contribution in [0.4, 0.5) is 9.59 Å². The molecule has 0 spiro atoms. The van der Waals surface area contributed by atoms with Gasteiger partial charge in [-0.15, -0.1) is 4.99 Å². The molecule has 0 N–H and O–H groups in total. The zero-order valence-corrected chi connectivity index (χ0v) is 19.5. The van der Waals surface area contributed by atoms with Crippen LogP contribution in [0, 0.1) is 5.92 Å². The highest BCUT2D eigenvalue weighted by molar-refractivity contribution is 6.04. The Morgan fingerprint density at radius 1 is 1.00 bits per heavy atom. The van der Waals surface area contributed by atoms with Crippen molar-refractivity contribution in [3.05, 3.63) is 41.6 Å². The van der Waals surface area contributed by atoms with E-state index in [4.69, 9.17) is 9.47 Å². The average molecular weight is 428 g/mol. The number of nitrogens with zero attached hydrogens (tertiary/aromatic N) is 3. The third kappa shape index (κ3) is 5.87. The average Bonchev–Trinajstić information content (AvgIpc) is 3.40. The minimum absolute atomic E-state index is 0.0751. The van der Waals surface area contributed by atoms with Crippen molar-refractivity contribution in [1.29, 1.82) is 0 Å². The van der Waals surface area contributed by atoms with Crippen LogP contribution in [0.3, 0.4) is 0 Å². The van der Waals surface area contributed by atoms with Crippen molar-refractivity contribution < 1.29 is 19.1 Å². The summed E-state index contributed by atoms with van der Waals surface area (Å²) in [5.74, 6) is 0.610. The second kappa shape index (κ2) is 8.36. The van der Waals surface area contributed by atoms with Crippen LogP contribution in [0.5, 0.6) is 0 Å². The smallest absolute Gasteiger partial charge is 0.437 e. The topological polar surface area (TPSA) is 71.4 Å². The van der Waals surface area contributed by atoms with Crippen LogP contribution in [-0.4, -0.2) is 52.2 Å². The van der Waals surface area contributed by atoms with E-state index in [0.29, 0.717) is 5.92 Å². The molecular weight excluding hydrogens is 394 g/mol. The number of amides is 2. The van der Waals surface area contributed by atoms with Gasteiger partial charge in [0.2, 0.25) is 5.96 Å². The van der Waals surface area contributed by atoms with Gasteiger partial charge in [0, 0.05) is 7.05 Å². The standard InChI is InChI=1S/C24H33N3O4/c1-23(2,3)30-21(28)25-20-26(7)19(17-13-14-17)18(15-16-11-9-8-10-12-16)27(20)22(29)31-24(4,5)6/h8-12,15,17,19H,13-14H2,1-7H3/b18-15-,25-20+. The Bertz CT molecular complexity index is 890. The first-order valence-corrected chi connectivity index (χ1v) is 10.7. The summed E-state index contributed by atoms with van der Waals surface area (Å²) in [7, 11) is 1.86. The maximum Gasteiger partial charge on any atom is 0.437 e. The van der Waals surface area contributed by atoms with Gasteiger partial charge in [0.05, 0.1) is 11.7 Å². The van der Waals surface area contributed by atoms with Crippen molar-refractivity contribution in [3.8, 4) is 0 Å². The number of rotatable bonds is 2. The minimum Gasteiger partial charge on any atom is -0.443 e. The lowest BCUT2D eigenvalue weighted by Crippen LogP contribution is -2.40. The zero-order valence-electron chi connectivity index (χ0n) is 19.5. The summed E-state index contributed by atoms with van der Waals surface area (Å²) in [6.45, 7) is 10.8. The molecule has 7 nitrogen and oxygen atoms in total. The van der Waals surface area contributed by atoms with E-state index in [1.165, 1.54) is 4.90 Å². The summed E-state index contributed by atoms with van der Waals surface area (Å²) in [6.07, 6.45) is 2.79. The first-order valence-electron chi connectivity index (χ1n) is 10.7. The van der Waals surface area contributed by atoms with Crippen LogP contribution in [0.25, 0.3) is 6.08 Å². The predicted molar refractivity (Wildman–Crippen MR) is 120 cm³/mol. The molecule has 168 valence electrons. The molecular formula is C24H33N3O4. The number of aliphatic imine (C=N–C) groups is 1. The number of hydrogen-bond donors (Lipinski definition) is 0. The lowest BCUT2D eigenvalue weighted by atomic mass is 10.1. The number of ether oxygens (including phenoxy) is 2. The molecule has 1 aromatic carbocycles. The fourth-order valence-corrected chi connectivity index (χ4v) is 3.56. The molecule has 1 aliphatic heterocycles. The molecule has 2 fully saturated rings. The van der Waals surface area contributed by atoms with E-state index in [1.807, 2.05) is 69.1 Å². The molecule has 1 saturated heterocycles. The van der Waals surface area contributed by atoms with E-state index >= 15 is 0 Å². The highest BCUT2D eigenvalue weighted by Gasteiger charge is 2.49. The van der Waals surface area contributed by atoms with Crippen LogP contribution >= 0.6 is 0 Å². The number of carbonyl (C=O) groups is 2. The van der Waals surface area contributed by atoms with Crippen molar-refractivity contribution in [2.24, 2.45) is 10.9 Å². The third-order valence-corrected chi connectivity index (χ3v) is 4.84. The minimum atomic E-state index is -0.738. The second-order valence-electron chi connectivity index (χ2n) is 10.1. The van der Waals surface area contributed by atoms with E-state index in [2.05, 4.69) is 4.99 Å². The first-order chi connectivity index (χ1) is 14.4. The number of guanidine groups is 1. The Morgan fingerprint density at radius 3 is 2.10 bits per heavy atom. The molecule has 1 atom stereocenters. The molecule has 1 aliphatic carbocycles. The fourth-order valence-electron chi connectivity index (χ4n) is 3.56. The lowest BCUT2D eigenvalue weighted by molar-refractivity contribution is 0.0414. The summed E-state index contributed by atoms with van der Waals surface area (Å²) in [5, 5.41) is 0. The summed E-state index contributed by atoms with van der Waals surface area (Å²) < 4.78 is 11.1. The van der Waals surface area contributed by atoms with Crippen LogP contribution in [0.15, 0.2) is 41.0 Å². The molecule has 0 bridgehead atoms. The fraction of sp³-hybridized carbons (Fsp3) is 0.542. The van der Waals surface area contributed by atoms with Crippen molar-refractivity contribution >= 4 is 24.2 Å². The number of benzene rings is 1. The van der Waals surface area contributed by atoms with E-state index in [1.54, 1.807) is 20.8 Å². The van der Waals surface area contributed by atoms with Crippen molar-refractivity contribution in [3.63, 3.8) is 0 Å². The van der Waals surface area contributed by atoms with Crippen LogP contribution in [-0.2, 0) is 9.47 Å². The normalized spacial score (nSPS) is 22.2. The summed E-state index contributed by atoms with van der Waals surface area (Å²) >= 11 is 0. The maximum atomic E-state index is 13.3. The van der Waals surface area contributed by atoms with E-state index in [9.17, 15) is 9.59 Å². The Hall–Kier alpha value is -2.83. The first kappa shape index (κ1) is 22.8. The SMILES string of the molecule is CN1/C(=N\C(=O)OC(C)(C)C)N(C(=O)OC(C)(C)C)/C(=C\c2ccccc2)C1C1CC1. The van der Waals surface area contributed by atoms with Crippen LogP contribution < -0.4 is 0 Å². The van der Waals surface area contributed by atoms with Crippen molar-refractivity contribution in [2.75, 3.05) is 7.05 Å². The molecule has 2 aliphatic rings. The molecule has 1 aromatic rings. The Morgan fingerprint density at radius 2 is 1.58 bits per heavy atom. The third-order valence-electron chi connectivity index (χ3n) is 4.84. The molecule has 0 aromatic heterocycles. The number of carbonyl (C=O) groups excluding carboxylic acids is 2. The summed E-state index contributed by atoms with van der Waals surface area (Å²) in [5.41, 5.74) is 0.340. The molecule has 0 radical (unpaired) electrons. The molecule has 7 heteroatoms. The molecule has 2 amide bonds. The number of likely N-dealkylation sites (N-methyl/N-ethyl adjacent to an activating group) is 1. The van der Waals surface area contributed by atoms with Crippen molar-refractivity contribution in [2.45, 2.75) is 71.6 Å². The van der Waals surface area contributed by atoms with E-state index in [-0.39, 0.29) is 12.0 Å². The summed E-state index contributed by atoms with van der Waals surface area (Å²) in [4.78, 5) is 33.3. The van der Waals surface area contributed by atoms with Crippen LogP contribution in [0.1, 0.15) is 59.9 Å². The van der Waals surface area contributed by atoms with Gasteiger partial charge in [0.1, 0.15) is 11.2 Å². The quantitative estimate of drug-likeness (QED) is 0.642. The highest BCUT2D eigenvalue weighted by atomic mass is 16.6. The highest BCUT2D eigenvalue weighted by Crippen LogP contribution is 2.44. The molecule has 31 heavy (non-hydrogen) atoms. The largest absolute Gasteiger partial charge is 0.443 e.